The lowest BCUT2D eigenvalue weighted by molar-refractivity contribution is -0.117. The van der Waals surface area contributed by atoms with E-state index in [1.54, 1.807) is 0 Å². The summed E-state index contributed by atoms with van der Waals surface area (Å²) in [6, 6.07) is 8.22. The fourth-order valence-corrected chi connectivity index (χ4v) is 2.62. The van der Waals surface area contributed by atoms with Gasteiger partial charge in [0.1, 0.15) is 0 Å². The van der Waals surface area contributed by atoms with Crippen LogP contribution in [-0.2, 0) is 11.2 Å². The van der Waals surface area contributed by atoms with Crippen molar-refractivity contribution in [1.82, 2.24) is 15.6 Å². The quantitative estimate of drug-likeness (QED) is 0.807. The molecule has 108 valence electrons. The summed E-state index contributed by atoms with van der Waals surface area (Å²) in [5.74, 6) is 0.0178. The lowest BCUT2D eigenvalue weighted by Crippen LogP contribution is -2.29. The molecule has 0 saturated carbocycles. The zero-order valence-corrected chi connectivity index (χ0v) is 12.1. The van der Waals surface area contributed by atoms with Crippen LogP contribution in [0.3, 0.4) is 0 Å². The number of allylic oxidation sites excluding steroid dienone is 2. The van der Waals surface area contributed by atoms with Crippen molar-refractivity contribution >= 4 is 16.8 Å². The summed E-state index contributed by atoms with van der Waals surface area (Å²) in [6.07, 6.45) is 7.37. The second-order valence-corrected chi connectivity index (χ2v) is 5.22. The molecule has 1 aliphatic rings. The van der Waals surface area contributed by atoms with Gasteiger partial charge in [0.05, 0.1) is 0 Å². The van der Waals surface area contributed by atoms with E-state index in [4.69, 9.17) is 0 Å². The highest BCUT2D eigenvalue weighted by atomic mass is 16.1. The van der Waals surface area contributed by atoms with Crippen LogP contribution in [0.15, 0.2) is 54.0 Å². The maximum absolute atomic E-state index is 12.1. The first kappa shape index (κ1) is 13.5. The van der Waals surface area contributed by atoms with E-state index in [0.717, 1.165) is 23.2 Å². The molecule has 0 fully saturated rings. The number of carbonyl (C=O) groups is 1. The first-order chi connectivity index (χ1) is 10.3. The number of carbonyl (C=O) groups excluding carboxylic acids is 1. The van der Waals surface area contributed by atoms with Gasteiger partial charge in [-0.05, 0) is 37.6 Å². The summed E-state index contributed by atoms with van der Waals surface area (Å²) in [6.45, 7) is 2.57. The fraction of sp³-hybridized carbons (Fsp3) is 0.235. The van der Waals surface area contributed by atoms with Crippen LogP contribution in [0.1, 0.15) is 18.9 Å². The van der Waals surface area contributed by atoms with Crippen molar-refractivity contribution in [2.75, 3.05) is 6.54 Å². The molecular formula is C17H19N3O. The molecule has 2 aromatic rings. The standard InChI is InChI=1S/C17H19N3O/c1-12-14(6-4-9-18-12)17(21)19-10-8-13-11-20-16-7-3-2-5-15(13)16/h2-5,7,9,11,18,20H,6,8,10H2,1H3,(H,19,21). The van der Waals surface area contributed by atoms with Gasteiger partial charge >= 0.3 is 0 Å². The molecule has 4 nitrogen and oxygen atoms in total. The minimum absolute atomic E-state index is 0.0178. The van der Waals surface area contributed by atoms with Gasteiger partial charge in [0.15, 0.2) is 0 Å². The van der Waals surface area contributed by atoms with Gasteiger partial charge in [-0.25, -0.2) is 0 Å². The lowest BCUT2D eigenvalue weighted by atomic mass is 10.1. The number of hydrogen-bond donors (Lipinski definition) is 3. The molecule has 0 aliphatic carbocycles. The molecule has 0 radical (unpaired) electrons. The largest absolute Gasteiger partial charge is 0.365 e. The molecule has 0 atom stereocenters. The Bertz CT molecular complexity index is 724. The number of dihydropyridines is 1. The minimum atomic E-state index is 0.0178. The Labute approximate surface area is 123 Å². The summed E-state index contributed by atoms with van der Waals surface area (Å²) in [7, 11) is 0. The second kappa shape index (κ2) is 5.87. The molecule has 0 spiro atoms. The second-order valence-electron chi connectivity index (χ2n) is 5.22. The average Bonchev–Trinajstić information content (AvgIpc) is 2.91. The Kier molecular flexibility index (Phi) is 3.77. The van der Waals surface area contributed by atoms with E-state index in [1.165, 1.54) is 10.9 Å². The molecule has 1 aromatic carbocycles. The predicted octanol–water partition coefficient (Wildman–Crippen LogP) is 2.61. The van der Waals surface area contributed by atoms with Crippen molar-refractivity contribution in [2.45, 2.75) is 19.8 Å². The zero-order chi connectivity index (χ0) is 14.7. The van der Waals surface area contributed by atoms with Crippen LogP contribution >= 0.6 is 0 Å². The molecule has 0 bridgehead atoms. The maximum Gasteiger partial charge on any atom is 0.249 e. The third-order valence-corrected chi connectivity index (χ3v) is 3.82. The first-order valence-corrected chi connectivity index (χ1v) is 7.20. The number of nitrogens with one attached hydrogen (secondary N) is 3. The van der Waals surface area contributed by atoms with Crippen molar-refractivity contribution < 1.29 is 4.79 Å². The van der Waals surface area contributed by atoms with Crippen LogP contribution in [0, 0.1) is 0 Å². The number of benzene rings is 1. The van der Waals surface area contributed by atoms with E-state index in [-0.39, 0.29) is 5.91 Å². The van der Waals surface area contributed by atoms with Gasteiger partial charge in [0.2, 0.25) is 5.91 Å². The molecule has 4 heteroatoms. The van der Waals surface area contributed by atoms with Crippen molar-refractivity contribution in [2.24, 2.45) is 0 Å². The Morgan fingerprint density at radius 1 is 1.33 bits per heavy atom. The van der Waals surface area contributed by atoms with Gasteiger partial charge in [0, 0.05) is 34.9 Å². The van der Waals surface area contributed by atoms with Crippen LogP contribution in [0.2, 0.25) is 0 Å². The topological polar surface area (TPSA) is 56.9 Å². The highest BCUT2D eigenvalue weighted by Crippen LogP contribution is 2.18. The number of rotatable bonds is 4. The summed E-state index contributed by atoms with van der Waals surface area (Å²) in [5.41, 5.74) is 4.12. The van der Waals surface area contributed by atoms with Crippen LogP contribution in [-0.4, -0.2) is 17.4 Å². The Morgan fingerprint density at radius 3 is 3.05 bits per heavy atom. The molecule has 0 unspecified atom stereocenters. The molecular weight excluding hydrogens is 262 g/mol. The van der Waals surface area contributed by atoms with Crippen LogP contribution < -0.4 is 10.6 Å². The minimum Gasteiger partial charge on any atom is -0.365 e. The van der Waals surface area contributed by atoms with E-state index >= 15 is 0 Å². The van der Waals surface area contributed by atoms with Crippen molar-refractivity contribution in [3.63, 3.8) is 0 Å². The highest BCUT2D eigenvalue weighted by Gasteiger charge is 2.13. The number of amides is 1. The van der Waals surface area contributed by atoms with E-state index in [9.17, 15) is 4.79 Å². The number of para-hydroxylation sites is 1. The summed E-state index contributed by atoms with van der Waals surface area (Å²) in [4.78, 5) is 15.4. The van der Waals surface area contributed by atoms with E-state index in [0.29, 0.717) is 13.0 Å². The van der Waals surface area contributed by atoms with Crippen LogP contribution in [0.25, 0.3) is 10.9 Å². The zero-order valence-electron chi connectivity index (χ0n) is 12.1. The first-order valence-electron chi connectivity index (χ1n) is 7.20. The summed E-state index contributed by atoms with van der Waals surface area (Å²) < 4.78 is 0. The van der Waals surface area contributed by atoms with E-state index < -0.39 is 0 Å². The summed E-state index contributed by atoms with van der Waals surface area (Å²) in [5, 5.41) is 7.30. The number of fused-ring (bicyclic) bond motifs is 1. The Hall–Kier alpha value is -2.49. The third-order valence-electron chi connectivity index (χ3n) is 3.82. The van der Waals surface area contributed by atoms with Gasteiger partial charge in [-0.3, -0.25) is 4.79 Å². The van der Waals surface area contributed by atoms with Gasteiger partial charge in [0.25, 0.3) is 0 Å². The maximum atomic E-state index is 12.1. The van der Waals surface area contributed by atoms with E-state index in [2.05, 4.69) is 27.8 Å². The molecule has 21 heavy (non-hydrogen) atoms. The SMILES string of the molecule is CC1=C(C(=O)NCCc2c[nH]c3ccccc23)CC=CN1. The summed E-state index contributed by atoms with van der Waals surface area (Å²) >= 11 is 0. The monoisotopic (exact) mass is 281 g/mol. The van der Waals surface area contributed by atoms with Gasteiger partial charge < -0.3 is 15.6 Å². The molecule has 0 saturated heterocycles. The van der Waals surface area contributed by atoms with E-state index in [1.807, 2.05) is 37.5 Å². The molecule has 1 aliphatic heterocycles. The van der Waals surface area contributed by atoms with Crippen molar-refractivity contribution in [3.8, 4) is 0 Å². The normalized spacial score (nSPS) is 14.3. The van der Waals surface area contributed by atoms with Crippen molar-refractivity contribution in [3.05, 3.63) is 59.6 Å². The Morgan fingerprint density at radius 2 is 2.19 bits per heavy atom. The van der Waals surface area contributed by atoms with Gasteiger partial charge in [-0.2, -0.15) is 0 Å². The average molecular weight is 281 g/mol. The lowest BCUT2D eigenvalue weighted by Gasteiger charge is -2.14. The van der Waals surface area contributed by atoms with Crippen LogP contribution in [0.5, 0.6) is 0 Å². The van der Waals surface area contributed by atoms with Gasteiger partial charge in [-0.15, -0.1) is 0 Å². The smallest absolute Gasteiger partial charge is 0.249 e. The molecule has 1 aromatic heterocycles. The molecule has 1 amide bonds. The number of aromatic amines is 1. The van der Waals surface area contributed by atoms with Gasteiger partial charge in [-0.1, -0.05) is 24.3 Å². The Balaban J connectivity index is 1.60. The number of H-pyrrole nitrogens is 1. The number of hydrogen-bond acceptors (Lipinski definition) is 2. The molecule has 3 rings (SSSR count). The third kappa shape index (κ3) is 2.84. The highest BCUT2D eigenvalue weighted by molar-refractivity contribution is 5.94. The van der Waals surface area contributed by atoms with Crippen LogP contribution in [0.4, 0.5) is 0 Å². The van der Waals surface area contributed by atoms with Crippen molar-refractivity contribution in [1.29, 1.82) is 0 Å². The molecule has 2 heterocycles. The fourth-order valence-electron chi connectivity index (χ4n) is 2.62. The molecule has 3 N–H and O–H groups in total. The predicted molar refractivity (Wildman–Crippen MR) is 84.6 cm³/mol. The number of aromatic nitrogens is 1.